The molecule has 2 heterocycles. The summed E-state index contributed by atoms with van der Waals surface area (Å²) < 4.78 is 1.93. The maximum atomic E-state index is 4.24. The summed E-state index contributed by atoms with van der Waals surface area (Å²) in [4.78, 5) is 0. The van der Waals surface area contributed by atoms with Gasteiger partial charge >= 0.3 is 0 Å². The second-order valence-corrected chi connectivity index (χ2v) is 5.11. The Hall–Kier alpha value is -1.61. The molecule has 3 rings (SSSR count). The summed E-state index contributed by atoms with van der Waals surface area (Å²) in [7, 11) is 1.99. The lowest BCUT2D eigenvalue weighted by molar-refractivity contribution is 0.644. The Morgan fingerprint density at radius 3 is 3.00 bits per heavy atom. The van der Waals surface area contributed by atoms with Crippen molar-refractivity contribution in [1.82, 2.24) is 15.1 Å². The zero-order valence-electron chi connectivity index (χ0n) is 11.0. The summed E-state index contributed by atoms with van der Waals surface area (Å²) in [6.45, 7) is 4.45. The van der Waals surface area contributed by atoms with Crippen molar-refractivity contribution < 1.29 is 0 Å². The van der Waals surface area contributed by atoms with Crippen molar-refractivity contribution in [2.24, 2.45) is 7.05 Å². The average molecular weight is 241 g/mol. The fraction of sp³-hybridized carbons (Fsp3) is 0.400. The van der Waals surface area contributed by atoms with E-state index in [4.69, 9.17) is 0 Å². The van der Waals surface area contributed by atoms with Crippen LogP contribution in [0.5, 0.6) is 0 Å². The normalized spacial score (nSPS) is 19.3. The molecule has 1 atom stereocenters. The van der Waals surface area contributed by atoms with E-state index in [0.717, 1.165) is 19.5 Å². The van der Waals surface area contributed by atoms with Crippen LogP contribution in [0.2, 0.25) is 0 Å². The Bertz CT molecular complexity index is 557. The molecule has 1 aliphatic rings. The fourth-order valence-electron chi connectivity index (χ4n) is 2.77. The van der Waals surface area contributed by atoms with Gasteiger partial charge in [0.15, 0.2) is 0 Å². The molecule has 1 unspecified atom stereocenters. The van der Waals surface area contributed by atoms with Crippen molar-refractivity contribution >= 4 is 0 Å². The van der Waals surface area contributed by atoms with Crippen molar-refractivity contribution in [3.63, 3.8) is 0 Å². The van der Waals surface area contributed by atoms with Gasteiger partial charge in [-0.2, -0.15) is 5.10 Å². The third-order valence-electron chi connectivity index (χ3n) is 3.81. The number of fused-ring (bicyclic) bond motifs is 1. The molecule has 0 spiro atoms. The van der Waals surface area contributed by atoms with E-state index >= 15 is 0 Å². The van der Waals surface area contributed by atoms with Crippen molar-refractivity contribution in [1.29, 1.82) is 0 Å². The van der Waals surface area contributed by atoms with Crippen molar-refractivity contribution in [3.05, 3.63) is 41.6 Å². The minimum atomic E-state index is 0.600. The summed E-state index contributed by atoms with van der Waals surface area (Å²) in [6, 6.07) is 8.91. The van der Waals surface area contributed by atoms with Gasteiger partial charge in [0.1, 0.15) is 0 Å². The number of aromatic nitrogens is 2. The van der Waals surface area contributed by atoms with Crippen molar-refractivity contribution in [2.75, 3.05) is 13.1 Å². The summed E-state index contributed by atoms with van der Waals surface area (Å²) in [5, 5.41) is 7.73. The maximum Gasteiger partial charge on any atom is 0.0678 e. The molecule has 1 aromatic heterocycles. The van der Waals surface area contributed by atoms with Gasteiger partial charge in [0.2, 0.25) is 0 Å². The van der Waals surface area contributed by atoms with Crippen LogP contribution in [0.25, 0.3) is 11.3 Å². The first-order chi connectivity index (χ1) is 8.75. The summed E-state index contributed by atoms with van der Waals surface area (Å²) in [5.74, 6) is 0.600. The summed E-state index contributed by atoms with van der Waals surface area (Å²) in [5.41, 5.74) is 5.42. The van der Waals surface area contributed by atoms with Crippen LogP contribution in [0.3, 0.4) is 0 Å². The number of aryl methyl sites for hydroxylation is 1. The Kier molecular flexibility index (Phi) is 2.92. The summed E-state index contributed by atoms with van der Waals surface area (Å²) in [6.07, 6.45) is 2.97. The standard InChI is InChI=1S/C15H19N3/c1-11-10-16-7-5-12-9-13(3-4-14(11)12)15-6-8-17-18(15)2/h3-4,6,8-9,11,16H,5,7,10H2,1-2H3. The quantitative estimate of drug-likeness (QED) is 0.830. The van der Waals surface area contributed by atoms with E-state index in [1.807, 2.05) is 17.9 Å². The van der Waals surface area contributed by atoms with Gasteiger partial charge in [-0.05, 0) is 42.1 Å². The first kappa shape index (κ1) is 11.5. The van der Waals surface area contributed by atoms with E-state index < -0.39 is 0 Å². The van der Waals surface area contributed by atoms with Gasteiger partial charge < -0.3 is 5.32 Å². The Morgan fingerprint density at radius 2 is 2.22 bits per heavy atom. The highest BCUT2D eigenvalue weighted by atomic mass is 15.2. The molecule has 1 aliphatic heterocycles. The van der Waals surface area contributed by atoms with E-state index in [1.165, 1.54) is 22.4 Å². The summed E-state index contributed by atoms with van der Waals surface area (Å²) >= 11 is 0. The van der Waals surface area contributed by atoms with Gasteiger partial charge in [-0.15, -0.1) is 0 Å². The molecule has 94 valence electrons. The second kappa shape index (κ2) is 4.58. The van der Waals surface area contributed by atoms with Crippen LogP contribution < -0.4 is 5.32 Å². The Balaban J connectivity index is 2.05. The van der Waals surface area contributed by atoms with Crippen LogP contribution in [-0.4, -0.2) is 22.9 Å². The van der Waals surface area contributed by atoms with E-state index in [0.29, 0.717) is 5.92 Å². The van der Waals surface area contributed by atoms with Gasteiger partial charge in [0.25, 0.3) is 0 Å². The van der Waals surface area contributed by atoms with Gasteiger partial charge in [-0.25, -0.2) is 0 Å². The smallest absolute Gasteiger partial charge is 0.0678 e. The molecule has 0 saturated carbocycles. The van der Waals surface area contributed by atoms with Gasteiger partial charge in [-0.3, -0.25) is 4.68 Å². The lowest BCUT2D eigenvalue weighted by Crippen LogP contribution is -2.18. The monoisotopic (exact) mass is 241 g/mol. The Morgan fingerprint density at radius 1 is 1.33 bits per heavy atom. The highest BCUT2D eigenvalue weighted by Gasteiger charge is 2.15. The molecule has 0 aliphatic carbocycles. The lowest BCUT2D eigenvalue weighted by atomic mass is 9.93. The largest absolute Gasteiger partial charge is 0.316 e. The number of benzene rings is 1. The van der Waals surface area contributed by atoms with Crippen molar-refractivity contribution in [3.8, 4) is 11.3 Å². The molecule has 0 saturated heterocycles. The first-order valence-electron chi connectivity index (χ1n) is 6.57. The van der Waals surface area contributed by atoms with E-state index in [-0.39, 0.29) is 0 Å². The molecule has 18 heavy (non-hydrogen) atoms. The van der Waals surface area contributed by atoms with Crippen LogP contribution in [0, 0.1) is 0 Å². The number of nitrogens with zero attached hydrogens (tertiary/aromatic N) is 2. The van der Waals surface area contributed by atoms with Gasteiger partial charge in [-0.1, -0.05) is 19.1 Å². The van der Waals surface area contributed by atoms with Gasteiger partial charge in [0, 0.05) is 25.4 Å². The third kappa shape index (κ3) is 1.95. The molecule has 3 heteroatoms. The highest BCUT2D eigenvalue weighted by molar-refractivity contribution is 5.61. The number of nitrogens with one attached hydrogen (secondary N) is 1. The van der Waals surface area contributed by atoms with E-state index in [2.05, 4.69) is 41.6 Å². The molecular formula is C15H19N3. The highest BCUT2D eigenvalue weighted by Crippen LogP contribution is 2.27. The van der Waals surface area contributed by atoms with Crippen LogP contribution >= 0.6 is 0 Å². The topological polar surface area (TPSA) is 29.9 Å². The molecule has 3 nitrogen and oxygen atoms in total. The first-order valence-corrected chi connectivity index (χ1v) is 6.57. The SMILES string of the molecule is CC1CNCCc2cc(-c3ccnn3C)ccc21. The van der Waals surface area contributed by atoms with Gasteiger partial charge in [0.05, 0.1) is 5.69 Å². The van der Waals surface area contributed by atoms with Crippen molar-refractivity contribution in [2.45, 2.75) is 19.3 Å². The third-order valence-corrected chi connectivity index (χ3v) is 3.81. The van der Waals surface area contributed by atoms with E-state index in [9.17, 15) is 0 Å². The van der Waals surface area contributed by atoms with E-state index in [1.54, 1.807) is 0 Å². The molecule has 0 radical (unpaired) electrons. The molecule has 0 bridgehead atoms. The number of rotatable bonds is 1. The van der Waals surface area contributed by atoms with Crippen LogP contribution in [-0.2, 0) is 13.5 Å². The van der Waals surface area contributed by atoms with Crippen LogP contribution in [0.1, 0.15) is 24.0 Å². The predicted octanol–water partition coefficient (Wildman–Crippen LogP) is 2.34. The molecule has 1 N–H and O–H groups in total. The zero-order chi connectivity index (χ0) is 12.5. The molecular weight excluding hydrogens is 222 g/mol. The number of hydrogen-bond donors (Lipinski definition) is 1. The predicted molar refractivity (Wildman–Crippen MR) is 73.6 cm³/mol. The Labute approximate surface area is 108 Å². The average Bonchev–Trinajstić information content (AvgIpc) is 2.71. The zero-order valence-corrected chi connectivity index (χ0v) is 11.0. The maximum absolute atomic E-state index is 4.24. The van der Waals surface area contributed by atoms with Crippen LogP contribution in [0.15, 0.2) is 30.5 Å². The number of hydrogen-bond acceptors (Lipinski definition) is 2. The second-order valence-electron chi connectivity index (χ2n) is 5.11. The molecule has 2 aromatic rings. The minimum absolute atomic E-state index is 0.600. The van der Waals surface area contributed by atoms with Crippen LogP contribution in [0.4, 0.5) is 0 Å². The fourth-order valence-corrected chi connectivity index (χ4v) is 2.77. The molecule has 0 fully saturated rings. The lowest BCUT2D eigenvalue weighted by Gasteiger charge is -2.13. The molecule has 0 amide bonds. The molecule has 1 aromatic carbocycles. The minimum Gasteiger partial charge on any atom is -0.316 e.